The second-order valence-electron chi connectivity index (χ2n) is 8.17. The fraction of sp³-hybridized carbons (Fsp3) is 0.640. The number of nitrogens with one attached hydrogen (secondary N) is 1. The van der Waals surface area contributed by atoms with Crippen molar-refractivity contribution < 1.29 is 0 Å². The highest BCUT2D eigenvalue weighted by Crippen LogP contribution is 2.27. The maximum atomic E-state index is 4.44. The Labute approximate surface area is 167 Å². The lowest BCUT2D eigenvalue weighted by Crippen LogP contribution is -2.01. The van der Waals surface area contributed by atoms with Crippen molar-refractivity contribution in [1.82, 2.24) is 9.97 Å². The lowest BCUT2D eigenvalue weighted by Gasteiger charge is -2.16. The van der Waals surface area contributed by atoms with Gasteiger partial charge in [0.05, 0.1) is 0 Å². The molecule has 0 fully saturated rings. The standard InChI is InChI=1S/C25H40N2/c1-4-6-7-8-9-10-13-22-15-17-24(18-16-22)21(3)12-11-14-23(5-2)25-26-19-20-27-25/h15-21,23H,4-14H2,1-3H3,(H,26,27). The van der Waals surface area contributed by atoms with Crippen LogP contribution in [0, 0.1) is 0 Å². The van der Waals surface area contributed by atoms with Gasteiger partial charge in [-0.05, 0) is 49.1 Å². The van der Waals surface area contributed by atoms with Gasteiger partial charge in [0.1, 0.15) is 5.82 Å². The molecule has 27 heavy (non-hydrogen) atoms. The van der Waals surface area contributed by atoms with Crippen molar-refractivity contribution in [2.24, 2.45) is 0 Å². The molecule has 0 aliphatic rings. The van der Waals surface area contributed by atoms with E-state index in [1.165, 1.54) is 75.3 Å². The molecule has 0 aliphatic heterocycles. The molecule has 1 heterocycles. The molecule has 2 atom stereocenters. The normalized spacial score (nSPS) is 13.6. The van der Waals surface area contributed by atoms with E-state index in [9.17, 15) is 0 Å². The van der Waals surface area contributed by atoms with Crippen molar-refractivity contribution in [2.75, 3.05) is 0 Å². The third-order valence-electron chi connectivity index (χ3n) is 5.96. The molecule has 0 bridgehead atoms. The molecule has 2 rings (SSSR count). The summed E-state index contributed by atoms with van der Waals surface area (Å²) in [7, 11) is 0. The predicted molar refractivity (Wildman–Crippen MR) is 117 cm³/mol. The Balaban J connectivity index is 1.67. The molecular formula is C25H40N2. The molecule has 2 heteroatoms. The Kier molecular flexibility index (Phi) is 10.3. The minimum Gasteiger partial charge on any atom is -0.348 e. The van der Waals surface area contributed by atoms with Gasteiger partial charge in [-0.25, -0.2) is 4.98 Å². The van der Waals surface area contributed by atoms with E-state index in [0.717, 1.165) is 12.2 Å². The number of hydrogen-bond acceptors (Lipinski definition) is 1. The van der Waals surface area contributed by atoms with Gasteiger partial charge in [-0.3, -0.25) is 0 Å². The van der Waals surface area contributed by atoms with Crippen LogP contribution in [0.2, 0.25) is 0 Å². The Bertz CT molecular complexity index is 585. The van der Waals surface area contributed by atoms with Crippen LogP contribution >= 0.6 is 0 Å². The van der Waals surface area contributed by atoms with Gasteiger partial charge in [-0.15, -0.1) is 0 Å². The highest BCUT2D eigenvalue weighted by Gasteiger charge is 2.13. The Morgan fingerprint density at radius 3 is 2.30 bits per heavy atom. The molecule has 0 saturated carbocycles. The van der Waals surface area contributed by atoms with Crippen LogP contribution in [-0.4, -0.2) is 9.97 Å². The second-order valence-corrected chi connectivity index (χ2v) is 8.17. The molecule has 0 saturated heterocycles. The topological polar surface area (TPSA) is 28.7 Å². The summed E-state index contributed by atoms with van der Waals surface area (Å²) in [6.07, 6.45) is 18.2. The van der Waals surface area contributed by atoms with Crippen LogP contribution in [-0.2, 0) is 6.42 Å². The molecule has 2 aromatic rings. The molecule has 1 aromatic heterocycles. The van der Waals surface area contributed by atoms with E-state index in [-0.39, 0.29) is 0 Å². The number of H-pyrrole nitrogens is 1. The van der Waals surface area contributed by atoms with Crippen LogP contribution in [0.15, 0.2) is 36.7 Å². The number of imidazole rings is 1. The van der Waals surface area contributed by atoms with Crippen LogP contribution in [0.1, 0.15) is 114 Å². The van der Waals surface area contributed by atoms with Gasteiger partial charge in [0, 0.05) is 18.3 Å². The van der Waals surface area contributed by atoms with Gasteiger partial charge in [0.25, 0.3) is 0 Å². The number of unbranched alkanes of at least 4 members (excludes halogenated alkanes) is 5. The van der Waals surface area contributed by atoms with Crippen molar-refractivity contribution in [3.8, 4) is 0 Å². The average Bonchev–Trinajstić information content (AvgIpc) is 3.23. The first-order valence-electron chi connectivity index (χ1n) is 11.3. The number of benzene rings is 1. The maximum absolute atomic E-state index is 4.44. The lowest BCUT2D eigenvalue weighted by molar-refractivity contribution is 0.514. The third kappa shape index (κ3) is 7.91. The number of aromatic nitrogens is 2. The van der Waals surface area contributed by atoms with Gasteiger partial charge in [0.2, 0.25) is 0 Å². The van der Waals surface area contributed by atoms with Gasteiger partial charge in [0.15, 0.2) is 0 Å². The number of hydrogen-bond donors (Lipinski definition) is 1. The predicted octanol–water partition coefficient (Wildman–Crippen LogP) is 7.78. The van der Waals surface area contributed by atoms with Crippen molar-refractivity contribution in [3.63, 3.8) is 0 Å². The molecule has 0 spiro atoms. The summed E-state index contributed by atoms with van der Waals surface area (Å²) in [6, 6.07) is 9.44. The molecule has 2 unspecified atom stereocenters. The Hall–Kier alpha value is -1.57. The molecule has 1 N–H and O–H groups in total. The Morgan fingerprint density at radius 1 is 0.889 bits per heavy atom. The zero-order chi connectivity index (χ0) is 19.3. The first kappa shape index (κ1) is 21.7. The lowest BCUT2D eigenvalue weighted by atomic mass is 9.91. The van der Waals surface area contributed by atoms with E-state index in [4.69, 9.17) is 0 Å². The van der Waals surface area contributed by atoms with E-state index in [1.54, 1.807) is 0 Å². The Morgan fingerprint density at radius 2 is 1.63 bits per heavy atom. The molecular weight excluding hydrogens is 328 g/mol. The van der Waals surface area contributed by atoms with Gasteiger partial charge in [-0.1, -0.05) is 83.6 Å². The summed E-state index contributed by atoms with van der Waals surface area (Å²) in [5.41, 5.74) is 3.00. The second kappa shape index (κ2) is 12.8. The van der Waals surface area contributed by atoms with E-state index < -0.39 is 0 Å². The number of aryl methyl sites for hydroxylation is 1. The quantitative estimate of drug-likeness (QED) is 0.339. The fourth-order valence-corrected chi connectivity index (χ4v) is 3.99. The summed E-state index contributed by atoms with van der Waals surface area (Å²) in [6.45, 7) is 6.92. The van der Waals surface area contributed by atoms with Crippen molar-refractivity contribution >= 4 is 0 Å². The van der Waals surface area contributed by atoms with Gasteiger partial charge in [-0.2, -0.15) is 0 Å². The third-order valence-corrected chi connectivity index (χ3v) is 5.96. The van der Waals surface area contributed by atoms with Crippen LogP contribution in [0.25, 0.3) is 0 Å². The molecule has 150 valence electrons. The molecule has 0 radical (unpaired) electrons. The van der Waals surface area contributed by atoms with Gasteiger partial charge < -0.3 is 4.98 Å². The smallest absolute Gasteiger partial charge is 0.109 e. The maximum Gasteiger partial charge on any atom is 0.109 e. The number of rotatable bonds is 14. The molecule has 1 aromatic carbocycles. The summed E-state index contributed by atoms with van der Waals surface area (Å²) in [4.78, 5) is 7.73. The summed E-state index contributed by atoms with van der Waals surface area (Å²) < 4.78 is 0. The van der Waals surface area contributed by atoms with E-state index in [2.05, 4.69) is 55.0 Å². The largest absolute Gasteiger partial charge is 0.348 e. The van der Waals surface area contributed by atoms with Crippen LogP contribution in [0.3, 0.4) is 0 Å². The first-order chi connectivity index (χ1) is 13.2. The zero-order valence-electron chi connectivity index (χ0n) is 17.8. The van der Waals surface area contributed by atoms with Crippen LogP contribution < -0.4 is 0 Å². The molecule has 0 aliphatic carbocycles. The summed E-state index contributed by atoms with van der Waals surface area (Å²) in [5, 5.41) is 0. The minimum absolute atomic E-state index is 0.576. The SMILES string of the molecule is CCCCCCCCc1ccc(C(C)CCCC(CC)c2ncc[nH]2)cc1. The fourth-order valence-electron chi connectivity index (χ4n) is 3.99. The zero-order valence-corrected chi connectivity index (χ0v) is 17.8. The highest BCUT2D eigenvalue weighted by molar-refractivity contribution is 5.25. The van der Waals surface area contributed by atoms with Crippen molar-refractivity contribution in [3.05, 3.63) is 53.6 Å². The number of aromatic amines is 1. The van der Waals surface area contributed by atoms with Crippen molar-refractivity contribution in [1.29, 1.82) is 0 Å². The first-order valence-corrected chi connectivity index (χ1v) is 11.3. The van der Waals surface area contributed by atoms with E-state index in [1.807, 2.05) is 12.4 Å². The van der Waals surface area contributed by atoms with Crippen molar-refractivity contribution in [2.45, 2.75) is 103 Å². The summed E-state index contributed by atoms with van der Waals surface area (Å²) >= 11 is 0. The molecule has 2 nitrogen and oxygen atoms in total. The highest BCUT2D eigenvalue weighted by atomic mass is 14.9. The van der Waals surface area contributed by atoms with Gasteiger partial charge >= 0.3 is 0 Å². The summed E-state index contributed by atoms with van der Waals surface area (Å²) in [5.74, 6) is 2.37. The average molecular weight is 369 g/mol. The number of nitrogens with zero attached hydrogens (tertiary/aromatic N) is 1. The van der Waals surface area contributed by atoms with E-state index >= 15 is 0 Å². The van der Waals surface area contributed by atoms with Crippen LogP contribution in [0.4, 0.5) is 0 Å². The minimum atomic E-state index is 0.576. The molecule has 0 amide bonds. The van der Waals surface area contributed by atoms with Crippen LogP contribution in [0.5, 0.6) is 0 Å². The van der Waals surface area contributed by atoms with E-state index in [0.29, 0.717) is 11.8 Å². The monoisotopic (exact) mass is 368 g/mol.